The van der Waals surface area contributed by atoms with Crippen molar-refractivity contribution >= 4 is 17.7 Å². The van der Waals surface area contributed by atoms with Crippen molar-refractivity contribution in [3.8, 4) is 0 Å². The molecule has 1 aliphatic carbocycles. The molecule has 0 aromatic rings. The van der Waals surface area contributed by atoms with Crippen LogP contribution in [0.15, 0.2) is 12.2 Å². The highest BCUT2D eigenvalue weighted by molar-refractivity contribution is 6.05. The predicted octanol–water partition coefficient (Wildman–Crippen LogP) is 1.20. The van der Waals surface area contributed by atoms with Gasteiger partial charge in [-0.3, -0.25) is 19.3 Å². The molecule has 0 aromatic heterocycles. The molecule has 0 radical (unpaired) electrons. The maximum atomic E-state index is 12.2. The zero-order valence-corrected chi connectivity index (χ0v) is 12.2. The second kappa shape index (κ2) is 6.20. The van der Waals surface area contributed by atoms with Gasteiger partial charge in [-0.15, -0.1) is 0 Å². The Balaban J connectivity index is 1.95. The molecule has 20 heavy (non-hydrogen) atoms. The SMILES string of the molecule is CCN(CC)C(=O)CCN1C(=O)[C@H]2CC=CC[C@H]2C1=O. The van der Waals surface area contributed by atoms with E-state index in [4.69, 9.17) is 0 Å². The van der Waals surface area contributed by atoms with Crippen molar-refractivity contribution in [3.63, 3.8) is 0 Å². The van der Waals surface area contributed by atoms with Gasteiger partial charge in [-0.1, -0.05) is 12.2 Å². The van der Waals surface area contributed by atoms with E-state index in [1.807, 2.05) is 26.0 Å². The molecular weight excluding hydrogens is 256 g/mol. The molecule has 0 saturated carbocycles. The van der Waals surface area contributed by atoms with Gasteiger partial charge in [-0.05, 0) is 26.7 Å². The van der Waals surface area contributed by atoms with Crippen molar-refractivity contribution in [3.05, 3.63) is 12.2 Å². The van der Waals surface area contributed by atoms with Crippen LogP contribution in [-0.4, -0.2) is 47.2 Å². The average molecular weight is 278 g/mol. The Labute approximate surface area is 119 Å². The topological polar surface area (TPSA) is 57.7 Å². The van der Waals surface area contributed by atoms with E-state index in [-0.39, 0.29) is 42.5 Å². The fraction of sp³-hybridized carbons (Fsp3) is 0.667. The van der Waals surface area contributed by atoms with Crippen LogP contribution in [-0.2, 0) is 14.4 Å². The van der Waals surface area contributed by atoms with Gasteiger partial charge in [0, 0.05) is 26.1 Å². The smallest absolute Gasteiger partial charge is 0.233 e. The lowest BCUT2D eigenvalue weighted by atomic mass is 9.85. The minimum atomic E-state index is -0.198. The van der Waals surface area contributed by atoms with Gasteiger partial charge in [-0.2, -0.15) is 0 Å². The van der Waals surface area contributed by atoms with E-state index in [0.717, 1.165) is 0 Å². The maximum absolute atomic E-state index is 12.2. The van der Waals surface area contributed by atoms with E-state index >= 15 is 0 Å². The number of carbonyl (C=O) groups excluding carboxylic acids is 3. The number of hydrogen-bond acceptors (Lipinski definition) is 3. The molecule has 110 valence electrons. The fourth-order valence-electron chi connectivity index (χ4n) is 3.03. The summed E-state index contributed by atoms with van der Waals surface area (Å²) >= 11 is 0. The summed E-state index contributed by atoms with van der Waals surface area (Å²) < 4.78 is 0. The zero-order chi connectivity index (χ0) is 14.7. The van der Waals surface area contributed by atoms with Gasteiger partial charge in [0.15, 0.2) is 0 Å². The van der Waals surface area contributed by atoms with E-state index < -0.39 is 0 Å². The van der Waals surface area contributed by atoms with Gasteiger partial charge in [0.25, 0.3) is 0 Å². The molecule has 0 bridgehead atoms. The first-order chi connectivity index (χ1) is 9.60. The molecule has 0 aromatic carbocycles. The minimum Gasteiger partial charge on any atom is -0.343 e. The number of imide groups is 1. The lowest BCUT2D eigenvalue weighted by molar-refractivity contribution is -0.140. The first kappa shape index (κ1) is 14.8. The number of likely N-dealkylation sites (tertiary alicyclic amines) is 1. The molecule has 1 aliphatic heterocycles. The third-order valence-electron chi connectivity index (χ3n) is 4.26. The summed E-state index contributed by atoms with van der Waals surface area (Å²) in [5.74, 6) is -0.593. The van der Waals surface area contributed by atoms with Crippen LogP contribution in [0.25, 0.3) is 0 Å². The summed E-state index contributed by atoms with van der Waals surface area (Å²) in [5.41, 5.74) is 0. The molecule has 0 spiro atoms. The van der Waals surface area contributed by atoms with Gasteiger partial charge in [0.05, 0.1) is 11.8 Å². The summed E-state index contributed by atoms with van der Waals surface area (Å²) in [6, 6.07) is 0. The number of allylic oxidation sites excluding steroid dienone is 2. The standard InChI is InChI=1S/C15H22N2O3/c1-3-16(4-2)13(18)9-10-17-14(19)11-7-5-6-8-12(11)15(17)20/h5-6,11-12H,3-4,7-10H2,1-2H3/t11-,12+. The van der Waals surface area contributed by atoms with Gasteiger partial charge >= 0.3 is 0 Å². The molecule has 0 unspecified atom stereocenters. The maximum Gasteiger partial charge on any atom is 0.233 e. The van der Waals surface area contributed by atoms with Crippen molar-refractivity contribution in [1.29, 1.82) is 0 Å². The Bertz CT molecular complexity index is 414. The third-order valence-corrected chi connectivity index (χ3v) is 4.26. The Hall–Kier alpha value is -1.65. The van der Waals surface area contributed by atoms with Crippen LogP contribution in [0.1, 0.15) is 33.1 Å². The fourth-order valence-corrected chi connectivity index (χ4v) is 3.03. The zero-order valence-electron chi connectivity index (χ0n) is 12.2. The Morgan fingerprint density at radius 1 is 1.15 bits per heavy atom. The summed E-state index contributed by atoms with van der Waals surface area (Å²) in [6.45, 7) is 5.39. The molecular formula is C15H22N2O3. The Morgan fingerprint density at radius 3 is 2.10 bits per heavy atom. The van der Waals surface area contributed by atoms with Gasteiger partial charge in [0.2, 0.25) is 17.7 Å². The number of amides is 3. The van der Waals surface area contributed by atoms with Crippen molar-refractivity contribution in [2.45, 2.75) is 33.1 Å². The van der Waals surface area contributed by atoms with Crippen molar-refractivity contribution in [1.82, 2.24) is 9.80 Å². The average Bonchev–Trinajstić information content (AvgIpc) is 2.71. The van der Waals surface area contributed by atoms with Crippen LogP contribution < -0.4 is 0 Å². The molecule has 1 fully saturated rings. The van der Waals surface area contributed by atoms with E-state index in [1.54, 1.807) is 4.90 Å². The lowest BCUT2D eigenvalue weighted by Crippen LogP contribution is -2.37. The second-order valence-electron chi connectivity index (χ2n) is 5.30. The van der Waals surface area contributed by atoms with Crippen LogP contribution >= 0.6 is 0 Å². The molecule has 2 atom stereocenters. The molecule has 0 N–H and O–H groups in total. The minimum absolute atomic E-state index is 0.00333. The van der Waals surface area contributed by atoms with Crippen LogP contribution in [0, 0.1) is 11.8 Å². The lowest BCUT2D eigenvalue weighted by Gasteiger charge is -2.20. The highest BCUT2D eigenvalue weighted by Gasteiger charge is 2.46. The molecule has 1 heterocycles. The second-order valence-corrected chi connectivity index (χ2v) is 5.30. The molecule has 2 rings (SSSR count). The van der Waals surface area contributed by atoms with E-state index in [2.05, 4.69) is 0 Å². The largest absolute Gasteiger partial charge is 0.343 e. The van der Waals surface area contributed by atoms with Crippen molar-refractivity contribution < 1.29 is 14.4 Å². The van der Waals surface area contributed by atoms with Crippen LogP contribution in [0.4, 0.5) is 0 Å². The molecule has 1 saturated heterocycles. The van der Waals surface area contributed by atoms with Crippen LogP contribution in [0.2, 0.25) is 0 Å². The van der Waals surface area contributed by atoms with E-state index in [1.165, 1.54) is 4.90 Å². The predicted molar refractivity (Wildman–Crippen MR) is 74.6 cm³/mol. The first-order valence-electron chi connectivity index (χ1n) is 7.38. The van der Waals surface area contributed by atoms with E-state index in [9.17, 15) is 14.4 Å². The normalized spacial score (nSPS) is 25.0. The van der Waals surface area contributed by atoms with Gasteiger partial charge in [0.1, 0.15) is 0 Å². The molecule has 2 aliphatic rings. The number of carbonyl (C=O) groups is 3. The van der Waals surface area contributed by atoms with Crippen LogP contribution in [0.5, 0.6) is 0 Å². The Morgan fingerprint density at radius 2 is 1.65 bits per heavy atom. The highest BCUT2D eigenvalue weighted by atomic mass is 16.2. The first-order valence-corrected chi connectivity index (χ1v) is 7.38. The highest BCUT2D eigenvalue weighted by Crippen LogP contribution is 2.34. The summed E-state index contributed by atoms with van der Waals surface area (Å²) in [4.78, 5) is 39.4. The Kier molecular flexibility index (Phi) is 4.57. The third kappa shape index (κ3) is 2.62. The van der Waals surface area contributed by atoms with Crippen molar-refractivity contribution in [2.24, 2.45) is 11.8 Å². The number of hydrogen-bond donors (Lipinski definition) is 0. The number of nitrogens with zero attached hydrogens (tertiary/aromatic N) is 2. The number of rotatable bonds is 5. The quantitative estimate of drug-likeness (QED) is 0.561. The summed E-state index contributed by atoms with van der Waals surface area (Å²) in [7, 11) is 0. The molecule has 3 amide bonds. The monoisotopic (exact) mass is 278 g/mol. The molecule has 5 heteroatoms. The van der Waals surface area contributed by atoms with Crippen LogP contribution in [0.3, 0.4) is 0 Å². The molecule has 5 nitrogen and oxygen atoms in total. The van der Waals surface area contributed by atoms with Gasteiger partial charge in [-0.25, -0.2) is 0 Å². The summed E-state index contributed by atoms with van der Waals surface area (Å²) in [6.07, 6.45) is 5.46. The summed E-state index contributed by atoms with van der Waals surface area (Å²) in [5, 5.41) is 0. The van der Waals surface area contributed by atoms with E-state index in [0.29, 0.717) is 25.9 Å². The van der Waals surface area contributed by atoms with Crippen molar-refractivity contribution in [2.75, 3.05) is 19.6 Å². The number of fused-ring (bicyclic) bond motifs is 1. The van der Waals surface area contributed by atoms with Gasteiger partial charge < -0.3 is 4.90 Å².